The monoisotopic (exact) mass is 430 g/mol. The second-order valence-corrected chi connectivity index (χ2v) is 8.25. The maximum Gasteiger partial charge on any atom is 0.573 e. The van der Waals surface area contributed by atoms with E-state index in [-0.39, 0.29) is 5.75 Å². The van der Waals surface area contributed by atoms with Crippen molar-refractivity contribution in [1.82, 2.24) is 0 Å². The molecular formula is C25H25F3OS. The Morgan fingerprint density at radius 3 is 2.13 bits per heavy atom. The zero-order valence-corrected chi connectivity index (χ0v) is 18.6. The van der Waals surface area contributed by atoms with Crippen molar-refractivity contribution in [3.8, 4) is 28.0 Å². The van der Waals surface area contributed by atoms with Gasteiger partial charge >= 0.3 is 6.36 Å². The Labute approximate surface area is 180 Å². The molecule has 0 radical (unpaired) electrons. The van der Waals surface area contributed by atoms with Gasteiger partial charge in [-0.05, 0) is 90.6 Å². The third kappa shape index (κ3) is 4.84. The van der Waals surface area contributed by atoms with Gasteiger partial charge in [0.15, 0.2) is 0 Å². The summed E-state index contributed by atoms with van der Waals surface area (Å²) in [7, 11) is 0. The minimum Gasteiger partial charge on any atom is -0.406 e. The van der Waals surface area contributed by atoms with Crippen LogP contribution in [0.5, 0.6) is 5.75 Å². The minimum absolute atomic E-state index is 0.200. The maximum absolute atomic E-state index is 12.8. The van der Waals surface area contributed by atoms with Crippen LogP contribution >= 0.6 is 11.8 Å². The van der Waals surface area contributed by atoms with Crippen LogP contribution in [0.25, 0.3) is 22.3 Å². The Kier molecular flexibility index (Phi) is 6.51. The highest BCUT2D eigenvalue weighted by Crippen LogP contribution is 2.40. The summed E-state index contributed by atoms with van der Waals surface area (Å²) in [6, 6.07) is 15.2. The van der Waals surface area contributed by atoms with Crippen molar-refractivity contribution in [2.24, 2.45) is 0 Å². The molecule has 0 amide bonds. The molecule has 0 spiro atoms. The molecule has 0 bridgehead atoms. The highest BCUT2D eigenvalue weighted by molar-refractivity contribution is 7.98. The van der Waals surface area contributed by atoms with E-state index in [4.69, 9.17) is 0 Å². The Bertz CT molecular complexity index is 1070. The van der Waals surface area contributed by atoms with Gasteiger partial charge in [0.1, 0.15) is 5.75 Å². The molecule has 0 unspecified atom stereocenters. The van der Waals surface area contributed by atoms with E-state index in [0.29, 0.717) is 0 Å². The van der Waals surface area contributed by atoms with Gasteiger partial charge in [0.05, 0.1) is 0 Å². The first kappa shape index (κ1) is 22.3. The summed E-state index contributed by atoms with van der Waals surface area (Å²) >= 11 is 1.51. The minimum atomic E-state index is -4.71. The number of aryl methyl sites for hydroxylation is 4. The van der Waals surface area contributed by atoms with Gasteiger partial charge in [-0.15, -0.1) is 24.9 Å². The molecule has 0 fully saturated rings. The van der Waals surface area contributed by atoms with Crippen molar-refractivity contribution in [3.63, 3.8) is 0 Å². The van der Waals surface area contributed by atoms with Crippen LogP contribution < -0.4 is 4.74 Å². The van der Waals surface area contributed by atoms with Gasteiger partial charge in [0, 0.05) is 4.90 Å². The maximum atomic E-state index is 12.8. The van der Waals surface area contributed by atoms with Gasteiger partial charge in [0.25, 0.3) is 0 Å². The number of benzene rings is 3. The third-order valence-corrected chi connectivity index (χ3v) is 6.00. The van der Waals surface area contributed by atoms with E-state index in [0.717, 1.165) is 39.1 Å². The number of halogens is 3. The predicted octanol–water partition coefficient (Wildman–Crippen LogP) is 8.13. The number of rotatable bonds is 5. The molecule has 0 aliphatic heterocycles. The van der Waals surface area contributed by atoms with E-state index in [2.05, 4.69) is 62.8 Å². The van der Waals surface area contributed by atoms with Crippen molar-refractivity contribution in [1.29, 1.82) is 0 Å². The highest BCUT2D eigenvalue weighted by Gasteiger charge is 2.31. The summed E-state index contributed by atoms with van der Waals surface area (Å²) in [5.41, 5.74) is 8.62. The van der Waals surface area contributed by atoms with Crippen LogP contribution in [0.15, 0.2) is 53.4 Å². The molecular weight excluding hydrogens is 405 g/mol. The van der Waals surface area contributed by atoms with Gasteiger partial charge in [0.2, 0.25) is 0 Å². The lowest BCUT2D eigenvalue weighted by Gasteiger charge is -2.19. The van der Waals surface area contributed by atoms with E-state index < -0.39 is 6.36 Å². The molecule has 0 aliphatic rings. The van der Waals surface area contributed by atoms with Crippen molar-refractivity contribution < 1.29 is 17.9 Å². The molecule has 0 heterocycles. The molecule has 0 N–H and O–H groups in total. The highest BCUT2D eigenvalue weighted by atomic mass is 32.2. The second-order valence-electron chi connectivity index (χ2n) is 7.41. The molecule has 1 nitrogen and oxygen atoms in total. The summed E-state index contributed by atoms with van der Waals surface area (Å²) in [5.74, 6) is -0.200. The van der Waals surface area contributed by atoms with Crippen LogP contribution in [0, 0.1) is 20.8 Å². The largest absolute Gasteiger partial charge is 0.573 e. The average Bonchev–Trinajstić information content (AvgIpc) is 2.68. The normalized spacial score (nSPS) is 11.6. The quantitative estimate of drug-likeness (QED) is 0.378. The van der Waals surface area contributed by atoms with Crippen LogP contribution in [0.4, 0.5) is 13.2 Å². The van der Waals surface area contributed by atoms with Gasteiger partial charge in [-0.1, -0.05) is 42.8 Å². The molecule has 3 aromatic carbocycles. The van der Waals surface area contributed by atoms with Crippen LogP contribution in [-0.2, 0) is 6.42 Å². The predicted molar refractivity (Wildman–Crippen MR) is 119 cm³/mol. The summed E-state index contributed by atoms with van der Waals surface area (Å²) < 4.78 is 42.4. The van der Waals surface area contributed by atoms with E-state index in [1.165, 1.54) is 40.6 Å². The molecule has 0 aromatic heterocycles. The molecule has 3 rings (SSSR count). The first-order chi connectivity index (χ1) is 14.1. The lowest BCUT2D eigenvalue weighted by Crippen LogP contribution is -2.17. The van der Waals surface area contributed by atoms with Crippen molar-refractivity contribution in [2.75, 3.05) is 6.26 Å². The fourth-order valence-electron chi connectivity index (χ4n) is 3.71. The zero-order valence-electron chi connectivity index (χ0n) is 17.8. The summed E-state index contributed by atoms with van der Waals surface area (Å²) in [4.78, 5) is 0.915. The van der Waals surface area contributed by atoms with E-state index in [1.54, 1.807) is 6.07 Å². The van der Waals surface area contributed by atoms with Gasteiger partial charge in [-0.3, -0.25) is 0 Å². The average molecular weight is 431 g/mol. The lowest BCUT2D eigenvalue weighted by molar-refractivity contribution is -0.274. The molecule has 0 saturated carbocycles. The summed E-state index contributed by atoms with van der Waals surface area (Å²) in [6.45, 7) is 8.28. The SMILES string of the molecule is CCc1cc(-c2cc(C)ccc2C)c(C)cc1-c1cc(OC(F)(F)F)ccc1SC. The summed E-state index contributed by atoms with van der Waals surface area (Å²) in [6.07, 6.45) is -2.02. The van der Waals surface area contributed by atoms with E-state index in [9.17, 15) is 13.2 Å². The number of hydrogen-bond acceptors (Lipinski definition) is 2. The van der Waals surface area contributed by atoms with Crippen LogP contribution in [0.3, 0.4) is 0 Å². The zero-order chi connectivity index (χ0) is 22.1. The van der Waals surface area contributed by atoms with E-state index >= 15 is 0 Å². The lowest BCUT2D eigenvalue weighted by atomic mass is 9.88. The number of thioether (sulfide) groups is 1. The first-order valence-electron chi connectivity index (χ1n) is 9.78. The fraction of sp³-hybridized carbons (Fsp3) is 0.280. The smallest absolute Gasteiger partial charge is 0.406 e. The Morgan fingerprint density at radius 2 is 1.50 bits per heavy atom. The van der Waals surface area contributed by atoms with Crippen LogP contribution in [-0.4, -0.2) is 12.6 Å². The molecule has 30 heavy (non-hydrogen) atoms. The Hall–Kier alpha value is -2.40. The third-order valence-electron chi connectivity index (χ3n) is 5.21. The van der Waals surface area contributed by atoms with Crippen LogP contribution in [0.2, 0.25) is 0 Å². The van der Waals surface area contributed by atoms with Gasteiger partial charge < -0.3 is 4.74 Å². The van der Waals surface area contributed by atoms with Crippen molar-refractivity contribution >= 4 is 11.8 Å². The summed E-state index contributed by atoms with van der Waals surface area (Å²) in [5, 5.41) is 0. The van der Waals surface area contributed by atoms with Gasteiger partial charge in [-0.2, -0.15) is 0 Å². The molecule has 5 heteroatoms. The Balaban J connectivity index is 2.19. The number of ether oxygens (including phenoxy) is 1. The number of alkyl halides is 3. The molecule has 0 atom stereocenters. The number of hydrogen-bond donors (Lipinski definition) is 0. The topological polar surface area (TPSA) is 9.23 Å². The molecule has 3 aromatic rings. The van der Waals surface area contributed by atoms with Crippen molar-refractivity contribution in [3.05, 3.63) is 70.8 Å². The second kappa shape index (κ2) is 8.76. The first-order valence-corrected chi connectivity index (χ1v) is 11.0. The molecule has 0 saturated heterocycles. The fourth-order valence-corrected chi connectivity index (χ4v) is 4.30. The Morgan fingerprint density at radius 1 is 0.800 bits per heavy atom. The molecule has 0 aliphatic carbocycles. The van der Waals surface area contributed by atoms with Crippen molar-refractivity contribution in [2.45, 2.75) is 45.4 Å². The van der Waals surface area contributed by atoms with Gasteiger partial charge in [-0.25, -0.2) is 0 Å². The van der Waals surface area contributed by atoms with E-state index in [1.807, 2.05) is 6.26 Å². The standard InChI is InChI=1S/C25H25F3OS/c1-6-18-13-21(20-11-15(2)7-8-16(20)3)17(4)12-22(18)23-14-19(29-25(26,27)28)9-10-24(23)30-5/h7-14H,6H2,1-5H3. The van der Waals surface area contributed by atoms with Crippen LogP contribution in [0.1, 0.15) is 29.2 Å². The molecule has 158 valence electrons.